The third kappa shape index (κ3) is 3.76. The molecule has 3 aliphatic rings. The molecule has 4 rings (SSSR count). The molecule has 8 nitrogen and oxygen atoms in total. The number of carbonyl (C=O) groups excluding carboxylic acids is 1. The fourth-order valence-corrected chi connectivity index (χ4v) is 3.60. The molecule has 1 amide bonds. The van der Waals surface area contributed by atoms with E-state index in [0.717, 1.165) is 5.56 Å². The van der Waals surface area contributed by atoms with E-state index in [1.165, 1.54) is 0 Å². The number of hydrogen-bond acceptors (Lipinski definition) is 7. The zero-order valence-electron chi connectivity index (χ0n) is 15.7. The molecule has 1 aromatic carbocycles. The standard InChI is InChI=1S/C19H24N2O6/c1-18(2)24-12-13(25-18)15-17(27-19(3,4)26-15)23-14(12)16(22)21-20-10-11-8-6-5-7-9-11/h5-10,12-15,17H,1-4H3,(H,21,22)/b20-10+/t12-,13+,14+,15-,17-/m1/s1. The molecule has 27 heavy (non-hydrogen) atoms. The van der Waals surface area contributed by atoms with Gasteiger partial charge in [-0.2, -0.15) is 5.10 Å². The second-order valence-corrected chi connectivity index (χ2v) is 7.73. The molecular weight excluding hydrogens is 352 g/mol. The lowest BCUT2D eigenvalue weighted by Gasteiger charge is -2.36. The Morgan fingerprint density at radius 1 is 0.963 bits per heavy atom. The zero-order valence-corrected chi connectivity index (χ0v) is 15.7. The van der Waals surface area contributed by atoms with Crippen molar-refractivity contribution in [3.05, 3.63) is 35.9 Å². The number of fused-ring (bicyclic) bond motifs is 3. The van der Waals surface area contributed by atoms with Gasteiger partial charge < -0.3 is 23.7 Å². The first-order valence-corrected chi connectivity index (χ1v) is 8.99. The lowest BCUT2D eigenvalue weighted by molar-refractivity contribution is -0.231. The minimum absolute atomic E-state index is 0.426. The van der Waals surface area contributed by atoms with Crippen LogP contribution in [0.15, 0.2) is 35.4 Å². The highest BCUT2D eigenvalue weighted by Gasteiger charge is 2.62. The molecule has 0 bridgehead atoms. The fourth-order valence-electron chi connectivity index (χ4n) is 3.60. The van der Waals surface area contributed by atoms with E-state index in [4.69, 9.17) is 23.7 Å². The second-order valence-electron chi connectivity index (χ2n) is 7.73. The molecule has 0 radical (unpaired) electrons. The normalized spacial score (nSPS) is 36.4. The Balaban J connectivity index is 1.49. The van der Waals surface area contributed by atoms with Crippen LogP contribution in [0.4, 0.5) is 0 Å². The van der Waals surface area contributed by atoms with E-state index in [9.17, 15) is 4.79 Å². The summed E-state index contributed by atoms with van der Waals surface area (Å²) in [6, 6.07) is 9.46. The molecule has 1 aromatic rings. The summed E-state index contributed by atoms with van der Waals surface area (Å²) in [4.78, 5) is 12.7. The maximum absolute atomic E-state index is 12.7. The van der Waals surface area contributed by atoms with Crippen LogP contribution in [0.5, 0.6) is 0 Å². The molecule has 3 saturated heterocycles. The van der Waals surface area contributed by atoms with Crippen LogP contribution >= 0.6 is 0 Å². The van der Waals surface area contributed by atoms with Crippen LogP contribution in [0.1, 0.15) is 33.3 Å². The molecule has 3 heterocycles. The summed E-state index contributed by atoms with van der Waals surface area (Å²) in [5.74, 6) is -2.10. The zero-order chi connectivity index (χ0) is 19.2. The molecule has 146 valence electrons. The van der Waals surface area contributed by atoms with E-state index in [2.05, 4.69) is 10.5 Å². The number of hydrogen-bond donors (Lipinski definition) is 1. The Hall–Kier alpha value is -1.84. The number of hydrazone groups is 1. The van der Waals surface area contributed by atoms with Crippen molar-refractivity contribution in [2.45, 2.75) is 70.0 Å². The molecular formula is C19H24N2O6. The molecule has 0 spiro atoms. The predicted molar refractivity (Wildman–Crippen MR) is 94.7 cm³/mol. The summed E-state index contributed by atoms with van der Waals surface area (Å²) in [5.41, 5.74) is 3.39. The van der Waals surface area contributed by atoms with Crippen LogP contribution < -0.4 is 5.43 Å². The highest BCUT2D eigenvalue weighted by molar-refractivity contribution is 5.85. The van der Waals surface area contributed by atoms with Crippen molar-refractivity contribution >= 4 is 12.1 Å². The first-order chi connectivity index (χ1) is 12.7. The van der Waals surface area contributed by atoms with Crippen molar-refractivity contribution in [1.82, 2.24) is 5.43 Å². The van der Waals surface area contributed by atoms with E-state index >= 15 is 0 Å². The summed E-state index contributed by atoms with van der Waals surface area (Å²) in [7, 11) is 0. The molecule has 3 aliphatic heterocycles. The first kappa shape index (κ1) is 18.5. The molecule has 0 unspecified atom stereocenters. The summed E-state index contributed by atoms with van der Waals surface area (Å²) in [6.45, 7) is 7.18. The minimum atomic E-state index is -0.927. The van der Waals surface area contributed by atoms with Gasteiger partial charge in [0.15, 0.2) is 24.0 Å². The van der Waals surface area contributed by atoms with Crippen molar-refractivity contribution in [3.63, 3.8) is 0 Å². The quantitative estimate of drug-likeness (QED) is 0.636. The molecule has 0 aromatic heterocycles. The predicted octanol–water partition coefficient (Wildman–Crippen LogP) is 1.53. The van der Waals surface area contributed by atoms with Crippen LogP contribution in [-0.4, -0.2) is 54.4 Å². The average molecular weight is 376 g/mol. The van der Waals surface area contributed by atoms with Gasteiger partial charge >= 0.3 is 0 Å². The summed E-state index contributed by atoms with van der Waals surface area (Å²) >= 11 is 0. The summed E-state index contributed by atoms with van der Waals surface area (Å²) < 4.78 is 29.5. The third-order valence-corrected chi connectivity index (χ3v) is 4.60. The second kappa shape index (κ2) is 6.65. The molecule has 8 heteroatoms. The van der Waals surface area contributed by atoms with Crippen LogP contribution in [0, 0.1) is 0 Å². The van der Waals surface area contributed by atoms with Gasteiger partial charge in [-0.25, -0.2) is 5.43 Å². The van der Waals surface area contributed by atoms with Gasteiger partial charge in [0.05, 0.1) is 6.21 Å². The van der Waals surface area contributed by atoms with Crippen LogP contribution in [0.2, 0.25) is 0 Å². The van der Waals surface area contributed by atoms with Crippen molar-refractivity contribution in [2.75, 3.05) is 0 Å². The third-order valence-electron chi connectivity index (χ3n) is 4.60. The molecule has 0 aliphatic carbocycles. The number of ether oxygens (including phenoxy) is 5. The molecule has 3 fully saturated rings. The fraction of sp³-hybridized carbons (Fsp3) is 0.579. The van der Waals surface area contributed by atoms with Gasteiger partial charge in [0.2, 0.25) is 0 Å². The van der Waals surface area contributed by atoms with Crippen LogP contribution in [0.25, 0.3) is 0 Å². The Morgan fingerprint density at radius 3 is 2.33 bits per heavy atom. The number of carbonyl (C=O) groups is 1. The van der Waals surface area contributed by atoms with Crippen molar-refractivity contribution < 1.29 is 28.5 Å². The molecule has 5 atom stereocenters. The van der Waals surface area contributed by atoms with E-state index in [-0.39, 0.29) is 0 Å². The van der Waals surface area contributed by atoms with Crippen molar-refractivity contribution in [3.8, 4) is 0 Å². The number of benzene rings is 1. The topological polar surface area (TPSA) is 87.6 Å². The Kier molecular flexibility index (Phi) is 4.56. The number of nitrogens with zero attached hydrogens (tertiary/aromatic N) is 1. The van der Waals surface area contributed by atoms with Crippen LogP contribution in [0.3, 0.4) is 0 Å². The minimum Gasteiger partial charge on any atom is -0.342 e. The van der Waals surface area contributed by atoms with Gasteiger partial charge in [-0.1, -0.05) is 30.3 Å². The Bertz CT molecular complexity index is 735. The van der Waals surface area contributed by atoms with Gasteiger partial charge in [0.1, 0.15) is 18.3 Å². The maximum atomic E-state index is 12.7. The lowest BCUT2D eigenvalue weighted by Crippen LogP contribution is -2.59. The van der Waals surface area contributed by atoms with Gasteiger partial charge in [-0.15, -0.1) is 0 Å². The number of nitrogens with one attached hydrogen (secondary N) is 1. The Morgan fingerprint density at radius 2 is 1.59 bits per heavy atom. The lowest BCUT2D eigenvalue weighted by atomic mass is 9.98. The maximum Gasteiger partial charge on any atom is 0.272 e. The van der Waals surface area contributed by atoms with E-state index in [1.54, 1.807) is 33.9 Å². The first-order valence-electron chi connectivity index (χ1n) is 8.99. The van der Waals surface area contributed by atoms with Crippen molar-refractivity contribution in [2.24, 2.45) is 5.10 Å². The largest absolute Gasteiger partial charge is 0.342 e. The molecule has 0 saturated carbocycles. The van der Waals surface area contributed by atoms with Gasteiger partial charge in [0, 0.05) is 0 Å². The Labute approximate surface area is 157 Å². The van der Waals surface area contributed by atoms with E-state index in [1.807, 2.05) is 30.3 Å². The van der Waals surface area contributed by atoms with E-state index in [0.29, 0.717) is 0 Å². The number of amides is 1. The highest BCUT2D eigenvalue weighted by Crippen LogP contribution is 2.44. The molecule has 1 N–H and O–H groups in total. The van der Waals surface area contributed by atoms with Gasteiger partial charge in [-0.05, 0) is 33.3 Å². The SMILES string of the molecule is CC1(C)O[C@H]2[C@@H](O1)[C@@H](C(=O)N/N=C/c1ccccc1)O[C@@H]1OC(C)(C)O[C@@H]12. The monoisotopic (exact) mass is 376 g/mol. The van der Waals surface area contributed by atoms with Crippen molar-refractivity contribution in [1.29, 1.82) is 0 Å². The van der Waals surface area contributed by atoms with Crippen LogP contribution in [-0.2, 0) is 28.5 Å². The average Bonchev–Trinajstić information content (AvgIpc) is 3.09. The summed E-state index contributed by atoms with van der Waals surface area (Å²) in [5, 5.41) is 4.01. The summed E-state index contributed by atoms with van der Waals surface area (Å²) in [6.07, 6.45) is -1.64. The smallest absolute Gasteiger partial charge is 0.272 e. The van der Waals surface area contributed by atoms with Gasteiger partial charge in [0.25, 0.3) is 5.91 Å². The highest BCUT2D eigenvalue weighted by atomic mass is 16.9. The number of rotatable bonds is 3. The van der Waals surface area contributed by atoms with Gasteiger partial charge in [-0.3, -0.25) is 4.79 Å². The van der Waals surface area contributed by atoms with E-state index < -0.39 is 48.2 Å².